The fourth-order valence-electron chi connectivity index (χ4n) is 4.50. The molecule has 0 aliphatic heterocycles. The number of hydrogen-bond donors (Lipinski definition) is 1. The molecule has 5 nitrogen and oxygen atoms in total. The largest absolute Gasteiger partial charge is 0.497 e. The highest BCUT2D eigenvalue weighted by Gasteiger charge is 2.30. The normalized spacial score (nSPS) is 15.1. The number of nitrogens with zero attached hydrogens (tertiary/aromatic N) is 1. The SMILES string of the molecule is CC[C@@H](C(=O)NC1CCCCC1)N(Cc1cccc(OC)c1)C(=O)Cc1ccccc1C. The van der Waals surface area contributed by atoms with Crippen molar-refractivity contribution >= 4 is 11.8 Å². The van der Waals surface area contributed by atoms with Gasteiger partial charge in [0.1, 0.15) is 11.8 Å². The molecule has 0 unspecified atom stereocenters. The first kappa shape index (κ1) is 23.8. The minimum Gasteiger partial charge on any atom is -0.497 e. The molecule has 172 valence electrons. The summed E-state index contributed by atoms with van der Waals surface area (Å²) in [5, 5.41) is 3.23. The Morgan fingerprint density at radius 2 is 1.84 bits per heavy atom. The van der Waals surface area contributed by atoms with Crippen LogP contribution in [0.4, 0.5) is 0 Å². The van der Waals surface area contributed by atoms with E-state index in [0.29, 0.717) is 13.0 Å². The minimum atomic E-state index is -0.500. The molecular formula is C27H36N2O3. The third-order valence-corrected chi connectivity index (χ3v) is 6.43. The van der Waals surface area contributed by atoms with Crippen LogP contribution in [0.3, 0.4) is 0 Å². The summed E-state index contributed by atoms with van der Waals surface area (Å²) in [4.78, 5) is 28.6. The molecule has 1 atom stereocenters. The van der Waals surface area contributed by atoms with Crippen LogP contribution in [0.2, 0.25) is 0 Å². The van der Waals surface area contributed by atoms with E-state index in [0.717, 1.165) is 48.1 Å². The van der Waals surface area contributed by atoms with Gasteiger partial charge in [-0.25, -0.2) is 0 Å². The molecule has 2 aromatic rings. The van der Waals surface area contributed by atoms with E-state index in [-0.39, 0.29) is 24.3 Å². The van der Waals surface area contributed by atoms with Gasteiger partial charge < -0.3 is 15.0 Å². The number of hydrogen-bond acceptors (Lipinski definition) is 3. The highest BCUT2D eigenvalue weighted by atomic mass is 16.5. The monoisotopic (exact) mass is 436 g/mol. The maximum atomic E-state index is 13.5. The van der Waals surface area contributed by atoms with E-state index in [2.05, 4.69) is 5.32 Å². The first-order valence-electron chi connectivity index (χ1n) is 11.8. The summed E-state index contributed by atoms with van der Waals surface area (Å²) in [5.74, 6) is 0.668. The molecule has 1 aliphatic carbocycles. The Morgan fingerprint density at radius 1 is 1.09 bits per heavy atom. The molecule has 1 N–H and O–H groups in total. The predicted octanol–water partition coefficient (Wildman–Crippen LogP) is 4.80. The number of nitrogens with one attached hydrogen (secondary N) is 1. The lowest BCUT2D eigenvalue weighted by molar-refractivity contribution is -0.141. The number of ether oxygens (including phenoxy) is 1. The van der Waals surface area contributed by atoms with Crippen LogP contribution in [0.25, 0.3) is 0 Å². The van der Waals surface area contributed by atoms with Crippen LogP contribution in [-0.2, 0) is 22.6 Å². The lowest BCUT2D eigenvalue weighted by Crippen LogP contribution is -2.52. The number of rotatable bonds is 9. The van der Waals surface area contributed by atoms with E-state index in [1.807, 2.05) is 62.4 Å². The van der Waals surface area contributed by atoms with Crippen molar-refractivity contribution < 1.29 is 14.3 Å². The molecule has 1 fully saturated rings. The number of methoxy groups -OCH3 is 1. The molecule has 0 saturated heterocycles. The lowest BCUT2D eigenvalue weighted by atomic mass is 9.95. The summed E-state index contributed by atoms with van der Waals surface area (Å²) in [6, 6.07) is 15.4. The summed E-state index contributed by atoms with van der Waals surface area (Å²) in [7, 11) is 1.63. The molecule has 0 spiro atoms. The summed E-state index contributed by atoms with van der Waals surface area (Å²) in [6.07, 6.45) is 6.44. The van der Waals surface area contributed by atoms with Gasteiger partial charge in [-0.05, 0) is 55.0 Å². The highest BCUT2D eigenvalue weighted by Crippen LogP contribution is 2.21. The van der Waals surface area contributed by atoms with Crippen molar-refractivity contribution in [2.75, 3.05) is 7.11 Å². The van der Waals surface area contributed by atoms with Crippen molar-refractivity contribution in [3.8, 4) is 5.75 Å². The number of benzene rings is 2. The fraction of sp³-hybridized carbons (Fsp3) is 0.481. The molecule has 1 aliphatic rings. The van der Waals surface area contributed by atoms with Gasteiger partial charge in [-0.3, -0.25) is 9.59 Å². The van der Waals surface area contributed by atoms with Gasteiger partial charge in [0.05, 0.1) is 13.5 Å². The molecule has 0 aromatic heterocycles. The average Bonchev–Trinajstić information content (AvgIpc) is 2.81. The quantitative estimate of drug-likeness (QED) is 0.614. The third kappa shape index (κ3) is 6.35. The Balaban J connectivity index is 1.83. The van der Waals surface area contributed by atoms with Crippen molar-refractivity contribution in [3.63, 3.8) is 0 Å². The zero-order valence-corrected chi connectivity index (χ0v) is 19.6. The van der Waals surface area contributed by atoms with Gasteiger partial charge in [-0.15, -0.1) is 0 Å². The molecule has 2 aromatic carbocycles. The summed E-state index contributed by atoms with van der Waals surface area (Å²) < 4.78 is 5.36. The van der Waals surface area contributed by atoms with Gasteiger partial charge in [-0.1, -0.05) is 62.6 Å². The molecule has 1 saturated carbocycles. The molecule has 32 heavy (non-hydrogen) atoms. The van der Waals surface area contributed by atoms with Gasteiger partial charge in [0.25, 0.3) is 0 Å². The third-order valence-electron chi connectivity index (χ3n) is 6.43. The van der Waals surface area contributed by atoms with E-state index in [4.69, 9.17) is 4.74 Å². The first-order chi connectivity index (χ1) is 15.5. The van der Waals surface area contributed by atoms with E-state index < -0.39 is 6.04 Å². The minimum absolute atomic E-state index is 0.0345. The number of aryl methyl sites for hydroxylation is 1. The van der Waals surface area contributed by atoms with Crippen LogP contribution in [0.15, 0.2) is 48.5 Å². The first-order valence-corrected chi connectivity index (χ1v) is 11.8. The maximum absolute atomic E-state index is 13.5. The van der Waals surface area contributed by atoms with Crippen LogP contribution in [-0.4, -0.2) is 35.9 Å². The van der Waals surface area contributed by atoms with Crippen LogP contribution >= 0.6 is 0 Å². The maximum Gasteiger partial charge on any atom is 0.243 e. The molecule has 0 bridgehead atoms. The molecule has 3 rings (SSSR count). The molecular weight excluding hydrogens is 400 g/mol. The van der Waals surface area contributed by atoms with Gasteiger partial charge in [0, 0.05) is 12.6 Å². The second kappa shape index (κ2) is 11.7. The van der Waals surface area contributed by atoms with Crippen molar-refractivity contribution in [3.05, 3.63) is 65.2 Å². The number of carbonyl (C=O) groups is 2. The second-order valence-electron chi connectivity index (χ2n) is 8.74. The Morgan fingerprint density at radius 3 is 2.53 bits per heavy atom. The van der Waals surface area contributed by atoms with E-state index in [9.17, 15) is 9.59 Å². The van der Waals surface area contributed by atoms with Crippen molar-refractivity contribution in [1.29, 1.82) is 0 Å². The summed E-state index contributed by atoms with van der Waals surface area (Å²) >= 11 is 0. The average molecular weight is 437 g/mol. The van der Waals surface area contributed by atoms with Gasteiger partial charge >= 0.3 is 0 Å². The lowest BCUT2D eigenvalue weighted by Gasteiger charge is -2.33. The van der Waals surface area contributed by atoms with E-state index >= 15 is 0 Å². The molecule has 0 radical (unpaired) electrons. The van der Waals surface area contributed by atoms with Crippen LogP contribution in [0.5, 0.6) is 5.75 Å². The second-order valence-corrected chi connectivity index (χ2v) is 8.74. The summed E-state index contributed by atoms with van der Waals surface area (Å²) in [5.41, 5.74) is 3.03. The highest BCUT2D eigenvalue weighted by molar-refractivity contribution is 5.88. The number of amides is 2. The zero-order valence-electron chi connectivity index (χ0n) is 19.6. The Kier molecular flexibility index (Phi) is 8.72. The fourth-order valence-corrected chi connectivity index (χ4v) is 4.50. The standard InChI is InChI=1S/C27H36N2O3/c1-4-25(27(31)28-23-14-6-5-7-15-23)29(19-21-12-10-16-24(17-21)32-3)26(30)18-22-13-9-8-11-20(22)2/h8-13,16-17,23,25H,4-7,14-15,18-19H2,1-3H3,(H,28,31)/t25-/m0/s1. The van der Waals surface area contributed by atoms with Gasteiger partial charge in [0.15, 0.2) is 0 Å². The van der Waals surface area contributed by atoms with Crippen LogP contribution in [0, 0.1) is 6.92 Å². The zero-order chi connectivity index (χ0) is 22.9. The number of carbonyl (C=O) groups excluding carboxylic acids is 2. The summed E-state index contributed by atoms with van der Waals surface area (Å²) in [6.45, 7) is 4.37. The van der Waals surface area contributed by atoms with Crippen LogP contribution in [0.1, 0.15) is 62.1 Å². The van der Waals surface area contributed by atoms with Crippen molar-refractivity contribution in [1.82, 2.24) is 10.2 Å². The van der Waals surface area contributed by atoms with E-state index in [1.165, 1.54) is 6.42 Å². The van der Waals surface area contributed by atoms with E-state index in [1.54, 1.807) is 12.0 Å². The Hall–Kier alpha value is -2.82. The van der Waals surface area contributed by atoms with Crippen LogP contribution < -0.4 is 10.1 Å². The Bertz CT molecular complexity index is 905. The predicted molar refractivity (Wildman–Crippen MR) is 128 cm³/mol. The van der Waals surface area contributed by atoms with Gasteiger partial charge in [0.2, 0.25) is 11.8 Å². The van der Waals surface area contributed by atoms with Crippen molar-refractivity contribution in [2.24, 2.45) is 0 Å². The molecule has 0 heterocycles. The molecule has 2 amide bonds. The topological polar surface area (TPSA) is 58.6 Å². The Labute approximate surface area is 192 Å². The van der Waals surface area contributed by atoms with Crippen molar-refractivity contribution in [2.45, 2.75) is 77.4 Å². The van der Waals surface area contributed by atoms with Gasteiger partial charge in [-0.2, -0.15) is 0 Å². The smallest absolute Gasteiger partial charge is 0.243 e. The molecule has 5 heteroatoms.